The third kappa shape index (κ3) is 7.57. The van der Waals surface area contributed by atoms with Gasteiger partial charge in [0.25, 0.3) is 20.0 Å². The highest BCUT2D eigenvalue weighted by Gasteiger charge is 2.23. The van der Waals surface area contributed by atoms with E-state index >= 15 is 0 Å². The van der Waals surface area contributed by atoms with Crippen molar-refractivity contribution in [3.63, 3.8) is 0 Å². The van der Waals surface area contributed by atoms with Gasteiger partial charge in [0.05, 0.1) is 0 Å². The molecule has 0 amide bonds. The SMILES string of the molecule is Cc1cc(S(=O)(=O)/N=C/c2ccccc2)c(SSc2cc(Cl)c(C)cc2S(=O)(=O)/N=C/c2ccccc2)cc1Cl. The smallest absolute Gasteiger partial charge is 0.199 e. The fourth-order valence-corrected chi connectivity index (χ4v) is 9.19. The van der Waals surface area contributed by atoms with Crippen LogP contribution in [0.1, 0.15) is 22.3 Å². The molecule has 0 fully saturated rings. The zero-order chi connectivity index (χ0) is 28.9. The molecule has 4 aromatic carbocycles. The first-order valence-corrected chi connectivity index (χ1v) is 17.4. The first kappa shape index (κ1) is 30.4. The highest BCUT2D eigenvalue weighted by Crippen LogP contribution is 2.45. The molecule has 0 aromatic heterocycles. The average molecular weight is 650 g/mol. The Hall–Kier alpha value is -2.60. The molecule has 206 valence electrons. The van der Waals surface area contributed by atoms with Gasteiger partial charge >= 0.3 is 0 Å². The van der Waals surface area contributed by atoms with Crippen LogP contribution in [0.3, 0.4) is 0 Å². The van der Waals surface area contributed by atoms with E-state index in [1.54, 1.807) is 62.4 Å². The molecule has 0 heterocycles. The monoisotopic (exact) mass is 648 g/mol. The molecule has 0 unspecified atom stereocenters. The van der Waals surface area contributed by atoms with Gasteiger partial charge in [-0.05, 0) is 60.4 Å². The van der Waals surface area contributed by atoms with Gasteiger partial charge in [0, 0.05) is 32.3 Å². The molecule has 4 aromatic rings. The lowest BCUT2D eigenvalue weighted by atomic mass is 10.2. The molecule has 4 rings (SSSR count). The number of hydrogen-bond donors (Lipinski definition) is 0. The minimum absolute atomic E-state index is 0.0520. The molecule has 0 aliphatic heterocycles. The summed E-state index contributed by atoms with van der Waals surface area (Å²) in [5, 5.41) is 0.715. The van der Waals surface area contributed by atoms with E-state index in [0.717, 1.165) is 21.6 Å². The van der Waals surface area contributed by atoms with Crippen molar-refractivity contribution in [1.82, 2.24) is 0 Å². The fraction of sp³-hybridized carbons (Fsp3) is 0.0714. The first-order valence-electron chi connectivity index (χ1n) is 11.6. The van der Waals surface area contributed by atoms with E-state index in [1.807, 2.05) is 12.1 Å². The summed E-state index contributed by atoms with van der Waals surface area (Å²) in [7, 11) is -6.16. The highest BCUT2D eigenvalue weighted by atomic mass is 35.5. The van der Waals surface area contributed by atoms with E-state index in [0.29, 0.717) is 42.1 Å². The molecule has 0 spiro atoms. The molecule has 0 N–H and O–H groups in total. The maximum atomic E-state index is 13.2. The molecule has 6 nitrogen and oxygen atoms in total. The number of halogens is 2. The summed E-state index contributed by atoms with van der Waals surface area (Å²) in [4.78, 5) is 0.477. The Bertz CT molecular complexity index is 1680. The van der Waals surface area contributed by atoms with E-state index in [1.165, 1.54) is 36.7 Å². The Labute approximate surface area is 252 Å². The number of aryl methyl sites for hydroxylation is 2. The zero-order valence-corrected chi connectivity index (χ0v) is 25.9. The van der Waals surface area contributed by atoms with E-state index < -0.39 is 20.0 Å². The van der Waals surface area contributed by atoms with Crippen LogP contribution in [0, 0.1) is 13.8 Å². The fourth-order valence-electron chi connectivity index (χ4n) is 3.35. The quantitative estimate of drug-likeness (QED) is 0.135. The zero-order valence-electron chi connectivity index (χ0n) is 21.2. The van der Waals surface area contributed by atoms with Crippen molar-refractivity contribution >= 4 is 77.3 Å². The summed E-state index contributed by atoms with van der Waals surface area (Å²) in [5.41, 5.74) is 2.36. The van der Waals surface area contributed by atoms with E-state index in [2.05, 4.69) is 8.80 Å². The van der Waals surface area contributed by atoms with Gasteiger partial charge in [-0.3, -0.25) is 0 Å². The van der Waals surface area contributed by atoms with Crippen LogP contribution in [0.5, 0.6) is 0 Å². The van der Waals surface area contributed by atoms with Gasteiger partial charge in [0.15, 0.2) is 0 Å². The van der Waals surface area contributed by atoms with Gasteiger partial charge < -0.3 is 0 Å². The van der Waals surface area contributed by atoms with E-state index in [-0.39, 0.29) is 9.79 Å². The number of benzene rings is 4. The van der Waals surface area contributed by atoms with E-state index in [4.69, 9.17) is 23.2 Å². The summed E-state index contributed by atoms with van der Waals surface area (Å²) in [6.45, 7) is 3.39. The van der Waals surface area contributed by atoms with Crippen molar-refractivity contribution in [2.45, 2.75) is 33.4 Å². The number of nitrogens with zero attached hydrogens (tertiary/aromatic N) is 2. The molecular formula is C28H22Cl2N2O4S4. The Morgan fingerprint density at radius 2 is 0.950 bits per heavy atom. The van der Waals surface area contributed by atoms with Crippen LogP contribution in [0.2, 0.25) is 10.0 Å². The minimum atomic E-state index is -4.12. The average Bonchev–Trinajstić information content (AvgIpc) is 2.94. The normalized spacial score (nSPS) is 12.4. The van der Waals surface area contributed by atoms with Crippen molar-refractivity contribution in [3.05, 3.63) is 117 Å². The molecule has 0 aliphatic carbocycles. The Morgan fingerprint density at radius 3 is 1.30 bits per heavy atom. The molecule has 0 atom stereocenters. The van der Waals surface area contributed by atoms with Gasteiger partial charge in [0.1, 0.15) is 9.79 Å². The molecule has 0 saturated carbocycles. The van der Waals surface area contributed by atoms with Crippen LogP contribution in [-0.4, -0.2) is 29.3 Å². The van der Waals surface area contributed by atoms with Crippen molar-refractivity contribution in [2.75, 3.05) is 0 Å². The first-order chi connectivity index (χ1) is 19.0. The number of rotatable bonds is 9. The topological polar surface area (TPSA) is 93.0 Å². The summed E-state index contributed by atoms with van der Waals surface area (Å²) in [6.07, 6.45) is 2.55. The maximum Gasteiger partial charge on any atom is 0.283 e. The Morgan fingerprint density at radius 1 is 0.600 bits per heavy atom. The van der Waals surface area contributed by atoms with Gasteiger partial charge in [-0.25, -0.2) is 0 Å². The van der Waals surface area contributed by atoms with Crippen molar-refractivity contribution < 1.29 is 16.8 Å². The van der Waals surface area contributed by atoms with Gasteiger partial charge in [-0.15, -0.1) is 0 Å². The maximum absolute atomic E-state index is 13.2. The van der Waals surface area contributed by atoms with Crippen LogP contribution in [0.4, 0.5) is 0 Å². The number of hydrogen-bond acceptors (Lipinski definition) is 6. The largest absolute Gasteiger partial charge is 0.283 e. The van der Waals surface area contributed by atoms with Crippen LogP contribution < -0.4 is 0 Å². The molecule has 0 saturated heterocycles. The summed E-state index contributed by atoms with van der Waals surface area (Å²) in [5.74, 6) is 0. The molecular weight excluding hydrogens is 627 g/mol. The van der Waals surface area contributed by atoms with Crippen LogP contribution in [0.25, 0.3) is 0 Å². The van der Waals surface area contributed by atoms with Crippen LogP contribution in [-0.2, 0) is 20.0 Å². The second kappa shape index (κ2) is 12.9. The minimum Gasteiger partial charge on any atom is -0.199 e. The third-order valence-corrected chi connectivity index (χ3v) is 11.6. The molecule has 0 aliphatic rings. The van der Waals surface area contributed by atoms with Crippen molar-refractivity contribution in [1.29, 1.82) is 0 Å². The summed E-state index contributed by atoms with van der Waals surface area (Å²) in [6, 6.07) is 23.7. The standard InChI is InChI=1S/C28H22Cl2N2O4S4/c1-19-13-27(39(33,34)31-17-21-9-5-3-6-10-21)25(15-23(19)29)37-38-26-16-24(30)20(2)14-28(26)40(35,36)32-18-22-11-7-4-8-12-22/h3-18H,1-2H3/b31-17+,32-18+. The van der Waals surface area contributed by atoms with Crippen LogP contribution >= 0.6 is 44.8 Å². The predicted octanol–water partition coefficient (Wildman–Crippen LogP) is 8.03. The Balaban J connectivity index is 1.70. The lowest BCUT2D eigenvalue weighted by Crippen LogP contribution is -2.02. The second-order valence-corrected chi connectivity index (χ2v) is 14.7. The second-order valence-electron chi connectivity index (χ2n) is 8.50. The summed E-state index contributed by atoms with van der Waals surface area (Å²) >= 11 is 12.7. The highest BCUT2D eigenvalue weighted by molar-refractivity contribution is 8.76. The van der Waals surface area contributed by atoms with Gasteiger partial charge in [-0.1, -0.05) is 105 Å². The summed E-state index contributed by atoms with van der Waals surface area (Å²) < 4.78 is 60.7. The van der Waals surface area contributed by atoms with Crippen molar-refractivity contribution in [2.24, 2.45) is 8.80 Å². The Kier molecular flexibility index (Phi) is 9.81. The number of sulfonamides is 2. The lowest BCUT2D eigenvalue weighted by Gasteiger charge is -2.12. The molecule has 0 radical (unpaired) electrons. The third-order valence-electron chi connectivity index (χ3n) is 5.51. The van der Waals surface area contributed by atoms with Crippen molar-refractivity contribution in [3.8, 4) is 0 Å². The molecule has 0 bridgehead atoms. The lowest BCUT2D eigenvalue weighted by molar-refractivity contribution is 0.594. The molecule has 12 heteroatoms. The molecule has 40 heavy (non-hydrogen) atoms. The van der Waals surface area contributed by atoms with Crippen LogP contribution in [0.15, 0.2) is 113 Å². The van der Waals surface area contributed by atoms with Gasteiger partial charge in [-0.2, -0.15) is 25.6 Å². The predicted molar refractivity (Wildman–Crippen MR) is 167 cm³/mol. The van der Waals surface area contributed by atoms with Gasteiger partial charge in [0.2, 0.25) is 0 Å². The van der Waals surface area contributed by atoms with E-state index in [9.17, 15) is 16.8 Å².